The predicted octanol–water partition coefficient (Wildman–Crippen LogP) is 4.07. The van der Waals surface area contributed by atoms with Gasteiger partial charge in [0, 0.05) is 27.2 Å². The molecule has 24 heavy (non-hydrogen) atoms. The number of carbonyl (C=O) groups is 1. The molecule has 0 atom stereocenters. The fourth-order valence-corrected chi connectivity index (χ4v) is 2.89. The lowest BCUT2D eigenvalue weighted by molar-refractivity contribution is -0.131. The third kappa shape index (κ3) is 3.37. The Hall–Kier alpha value is -2.50. The van der Waals surface area contributed by atoms with E-state index in [0.29, 0.717) is 28.0 Å². The van der Waals surface area contributed by atoms with Gasteiger partial charge in [-0.1, -0.05) is 29.3 Å². The van der Waals surface area contributed by atoms with Crippen LogP contribution in [0.25, 0.3) is 17.0 Å². The molecule has 0 fully saturated rings. The molecule has 3 aromatic rings. The molecule has 0 aliphatic carbocycles. The van der Waals surface area contributed by atoms with E-state index < -0.39 is 5.97 Å². The minimum Gasteiger partial charge on any atom is -0.478 e. The van der Waals surface area contributed by atoms with Gasteiger partial charge in [-0.05, 0) is 42.0 Å². The number of anilines is 1. The van der Waals surface area contributed by atoms with Gasteiger partial charge < -0.3 is 10.8 Å². The van der Waals surface area contributed by atoms with Gasteiger partial charge >= 0.3 is 5.97 Å². The summed E-state index contributed by atoms with van der Waals surface area (Å²) in [7, 11) is 0. The summed E-state index contributed by atoms with van der Waals surface area (Å²) >= 11 is 12.2. The molecule has 0 spiro atoms. The number of hydrogen-bond acceptors (Lipinski definition) is 3. The molecule has 7 heteroatoms. The molecule has 1 heterocycles. The average molecular weight is 362 g/mol. The number of halogens is 2. The first kappa shape index (κ1) is 16.4. The molecular formula is C17H13Cl2N3O2. The van der Waals surface area contributed by atoms with Crippen molar-refractivity contribution in [3.05, 3.63) is 63.8 Å². The molecule has 3 rings (SSSR count). The van der Waals surface area contributed by atoms with Crippen molar-refractivity contribution in [3.8, 4) is 0 Å². The van der Waals surface area contributed by atoms with Crippen LogP contribution in [0.2, 0.25) is 10.0 Å². The molecule has 0 unspecified atom stereocenters. The maximum Gasteiger partial charge on any atom is 0.328 e. The molecule has 122 valence electrons. The largest absolute Gasteiger partial charge is 0.478 e. The van der Waals surface area contributed by atoms with Gasteiger partial charge in [0.1, 0.15) is 0 Å². The number of nitrogens with zero attached hydrogens (tertiary/aromatic N) is 2. The molecule has 3 N–H and O–H groups in total. The lowest BCUT2D eigenvalue weighted by atomic mass is 10.1. The van der Waals surface area contributed by atoms with Gasteiger partial charge in [-0.2, -0.15) is 5.10 Å². The van der Waals surface area contributed by atoms with Crippen LogP contribution in [0.4, 0.5) is 5.69 Å². The Morgan fingerprint density at radius 2 is 2.04 bits per heavy atom. The van der Waals surface area contributed by atoms with E-state index in [1.54, 1.807) is 28.9 Å². The third-order valence-electron chi connectivity index (χ3n) is 3.52. The Bertz CT molecular complexity index is 964. The van der Waals surface area contributed by atoms with Crippen molar-refractivity contribution in [2.45, 2.75) is 6.54 Å². The number of aliphatic carboxylic acids is 1. The molecule has 0 radical (unpaired) electrons. The standard InChI is InChI=1S/C17H13Cl2N3O2/c18-11-2-1-10(14(19)7-11)9-22-16-8-12(20)3-4-13(16)15(21-22)5-6-17(23)24/h1-8H,9,20H2,(H,23,24). The highest BCUT2D eigenvalue weighted by atomic mass is 35.5. The molecule has 0 aliphatic heterocycles. The molecule has 0 amide bonds. The molecule has 1 aromatic heterocycles. The maximum atomic E-state index is 10.8. The third-order valence-corrected chi connectivity index (χ3v) is 4.11. The minimum atomic E-state index is -1.03. The van der Waals surface area contributed by atoms with Crippen molar-refractivity contribution in [2.75, 3.05) is 5.73 Å². The van der Waals surface area contributed by atoms with Gasteiger partial charge in [-0.15, -0.1) is 0 Å². The first-order chi connectivity index (χ1) is 11.4. The summed E-state index contributed by atoms with van der Waals surface area (Å²) in [6.07, 6.45) is 2.51. The van der Waals surface area contributed by atoms with Crippen molar-refractivity contribution in [1.82, 2.24) is 9.78 Å². The van der Waals surface area contributed by atoms with E-state index in [1.165, 1.54) is 6.08 Å². The molecule has 5 nitrogen and oxygen atoms in total. The van der Waals surface area contributed by atoms with E-state index in [2.05, 4.69) is 5.10 Å². The van der Waals surface area contributed by atoms with Gasteiger partial charge in [0.05, 0.1) is 17.8 Å². The second-order valence-electron chi connectivity index (χ2n) is 5.23. The summed E-state index contributed by atoms with van der Waals surface area (Å²) in [5.41, 5.74) is 8.67. The highest BCUT2D eigenvalue weighted by Gasteiger charge is 2.11. The topological polar surface area (TPSA) is 81.1 Å². The number of rotatable bonds is 4. The number of benzene rings is 2. The molecule has 0 saturated heterocycles. The van der Waals surface area contributed by atoms with Crippen LogP contribution >= 0.6 is 23.2 Å². The number of hydrogen-bond donors (Lipinski definition) is 2. The lowest BCUT2D eigenvalue weighted by Crippen LogP contribution is -2.02. The van der Waals surface area contributed by atoms with Gasteiger partial charge in [0.25, 0.3) is 0 Å². The Kier molecular flexibility index (Phi) is 4.46. The van der Waals surface area contributed by atoms with E-state index in [9.17, 15) is 4.79 Å². The monoisotopic (exact) mass is 361 g/mol. The zero-order valence-corrected chi connectivity index (χ0v) is 13.9. The lowest BCUT2D eigenvalue weighted by Gasteiger charge is -2.07. The predicted molar refractivity (Wildman–Crippen MR) is 96.4 cm³/mol. The SMILES string of the molecule is Nc1ccc2c(C=CC(=O)O)nn(Cc3ccc(Cl)cc3Cl)c2c1. The first-order valence-electron chi connectivity index (χ1n) is 7.05. The second-order valence-corrected chi connectivity index (χ2v) is 6.07. The van der Waals surface area contributed by atoms with Crippen molar-refractivity contribution < 1.29 is 9.90 Å². The average Bonchev–Trinajstić information content (AvgIpc) is 2.85. The zero-order chi connectivity index (χ0) is 17.3. The Morgan fingerprint density at radius 3 is 2.75 bits per heavy atom. The number of aromatic nitrogens is 2. The molecule has 0 saturated carbocycles. The minimum absolute atomic E-state index is 0.414. The van der Waals surface area contributed by atoms with Crippen molar-refractivity contribution in [2.24, 2.45) is 0 Å². The van der Waals surface area contributed by atoms with Gasteiger partial charge in [0.2, 0.25) is 0 Å². The van der Waals surface area contributed by atoms with Crippen LogP contribution in [0, 0.1) is 0 Å². The van der Waals surface area contributed by atoms with E-state index in [1.807, 2.05) is 12.1 Å². The van der Waals surface area contributed by atoms with Gasteiger partial charge in [-0.3, -0.25) is 4.68 Å². The number of carboxylic acid groups (broad SMARTS) is 1. The maximum absolute atomic E-state index is 10.8. The Morgan fingerprint density at radius 1 is 1.25 bits per heavy atom. The smallest absolute Gasteiger partial charge is 0.328 e. The molecule has 0 bridgehead atoms. The number of fused-ring (bicyclic) bond motifs is 1. The summed E-state index contributed by atoms with van der Waals surface area (Å²) in [6.45, 7) is 0.414. The van der Waals surface area contributed by atoms with E-state index in [0.717, 1.165) is 22.5 Å². The number of nitrogen functional groups attached to an aromatic ring is 1. The van der Waals surface area contributed by atoms with E-state index in [-0.39, 0.29) is 0 Å². The summed E-state index contributed by atoms with van der Waals surface area (Å²) in [4.78, 5) is 10.8. The highest BCUT2D eigenvalue weighted by Crippen LogP contribution is 2.26. The van der Waals surface area contributed by atoms with Crippen LogP contribution in [0.3, 0.4) is 0 Å². The van der Waals surface area contributed by atoms with Crippen LogP contribution in [-0.2, 0) is 11.3 Å². The molecular weight excluding hydrogens is 349 g/mol. The van der Waals surface area contributed by atoms with Crippen LogP contribution in [0.5, 0.6) is 0 Å². The Labute approximate surface area is 147 Å². The first-order valence-corrected chi connectivity index (χ1v) is 7.80. The van der Waals surface area contributed by atoms with Crippen LogP contribution in [0.1, 0.15) is 11.3 Å². The van der Waals surface area contributed by atoms with Crippen LogP contribution in [-0.4, -0.2) is 20.9 Å². The van der Waals surface area contributed by atoms with E-state index >= 15 is 0 Å². The fourth-order valence-electron chi connectivity index (χ4n) is 2.42. The normalized spacial score (nSPS) is 11.4. The van der Waals surface area contributed by atoms with Crippen molar-refractivity contribution in [3.63, 3.8) is 0 Å². The quantitative estimate of drug-likeness (QED) is 0.542. The summed E-state index contributed by atoms with van der Waals surface area (Å²) in [5, 5.41) is 15.2. The zero-order valence-electron chi connectivity index (χ0n) is 12.4. The Balaban J connectivity index is 2.09. The molecule has 0 aliphatic rings. The van der Waals surface area contributed by atoms with Crippen molar-refractivity contribution in [1.29, 1.82) is 0 Å². The van der Waals surface area contributed by atoms with Gasteiger partial charge in [-0.25, -0.2) is 4.79 Å². The van der Waals surface area contributed by atoms with E-state index in [4.69, 9.17) is 34.0 Å². The molecule has 2 aromatic carbocycles. The summed E-state index contributed by atoms with van der Waals surface area (Å²) < 4.78 is 1.74. The number of nitrogens with two attached hydrogens (primary N) is 1. The fraction of sp³-hybridized carbons (Fsp3) is 0.0588. The van der Waals surface area contributed by atoms with Crippen molar-refractivity contribution >= 4 is 51.8 Å². The second kappa shape index (κ2) is 6.55. The highest BCUT2D eigenvalue weighted by molar-refractivity contribution is 6.35. The number of carboxylic acids is 1. The summed E-state index contributed by atoms with van der Waals surface area (Å²) in [5.74, 6) is -1.03. The summed E-state index contributed by atoms with van der Waals surface area (Å²) in [6, 6.07) is 10.6. The van der Waals surface area contributed by atoms with Gasteiger partial charge in [0.15, 0.2) is 0 Å². The van der Waals surface area contributed by atoms with Crippen LogP contribution < -0.4 is 5.73 Å². The van der Waals surface area contributed by atoms with Crippen LogP contribution in [0.15, 0.2) is 42.5 Å².